The summed E-state index contributed by atoms with van der Waals surface area (Å²) in [6.07, 6.45) is -0.784. The number of fused-ring (bicyclic) bond motifs is 2. The zero-order chi connectivity index (χ0) is 23.8. The third kappa shape index (κ3) is 3.54. The molecule has 3 fully saturated rings. The smallest absolute Gasteiger partial charge is 0.396 e. The van der Waals surface area contributed by atoms with E-state index in [-0.39, 0.29) is 28.4 Å². The lowest BCUT2D eigenvalue weighted by Gasteiger charge is -2.46. The Balaban J connectivity index is 1.50. The highest BCUT2D eigenvalue weighted by molar-refractivity contribution is 7.89. The molecular weight excluding hydrogens is 461 g/mol. The molecule has 0 radical (unpaired) electrons. The lowest BCUT2D eigenvalue weighted by molar-refractivity contribution is -0.144. The van der Waals surface area contributed by atoms with E-state index >= 15 is 0 Å². The first-order valence-electron chi connectivity index (χ1n) is 10.2. The van der Waals surface area contributed by atoms with Crippen molar-refractivity contribution in [1.29, 1.82) is 0 Å². The molecule has 6 rings (SSSR count). The van der Waals surface area contributed by atoms with Crippen LogP contribution in [0.1, 0.15) is 37.1 Å². The molecule has 0 amide bonds. The van der Waals surface area contributed by atoms with Crippen molar-refractivity contribution in [3.05, 3.63) is 35.8 Å². The number of nitrogens with one attached hydrogen (secondary N) is 1. The van der Waals surface area contributed by atoms with E-state index in [0.29, 0.717) is 30.4 Å². The fraction of sp³-hybridized carbons (Fsp3) is 0.450. The summed E-state index contributed by atoms with van der Waals surface area (Å²) in [6, 6.07) is 4.50. The number of alkyl halides is 3. The minimum Gasteiger partial charge on any atom is -0.396 e. The molecule has 4 N–H and O–H groups in total. The number of aliphatic hydroxyl groups is 1. The third-order valence-corrected chi connectivity index (χ3v) is 8.23. The SMILES string of the molecule is Cc1ccc(S(=O)(=O)NC23CCC(CO)(C2)C3)cc1-c1cn2c(N)nc(C(F)(F)F)nc2n1. The number of anilines is 1. The number of halogens is 3. The Kier molecular flexibility index (Phi) is 4.59. The number of hydrogen-bond donors (Lipinski definition) is 3. The molecule has 0 unspecified atom stereocenters. The van der Waals surface area contributed by atoms with Crippen LogP contribution in [0.5, 0.6) is 0 Å². The average Bonchev–Trinajstić information content (AvgIpc) is 3.38. The van der Waals surface area contributed by atoms with Crippen LogP contribution in [0, 0.1) is 12.3 Å². The Bertz CT molecular complexity index is 1380. The van der Waals surface area contributed by atoms with Crippen LogP contribution in [0.4, 0.5) is 19.1 Å². The molecule has 3 saturated carbocycles. The van der Waals surface area contributed by atoms with Gasteiger partial charge in [0, 0.05) is 23.9 Å². The zero-order valence-corrected chi connectivity index (χ0v) is 18.3. The molecule has 2 aromatic heterocycles. The molecule has 3 aromatic rings. The summed E-state index contributed by atoms with van der Waals surface area (Å²) in [5.41, 5.74) is 6.23. The van der Waals surface area contributed by atoms with Crippen LogP contribution in [0.3, 0.4) is 0 Å². The molecular formula is C20H21F3N6O3S. The molecule has 13 heteroatoms. The van der Waals surface area contributed by atoms with Gasteiger partial charge in [-0.3, -0.25) is 4.40 Å². The van der Waals surface area contributed by atoms with E-state index in [1.54, 1.807) is 13.0 Å². The number of aromatic nitrogens is 4. The minimum atomic E-state index is -4.79. The van der Waals surface area contributed by atoms with Crippen LogP contribution in [0.25, 0.3) is 17.0 Å². The molecule has 3 aliphatic carbocycles. The second-order valence-electron chi connectivity index (χ2n) is 9.07. The number of rotatable bonds is 5. The Hall–Kier alpha value is -2.77. The van der Waals surface area contributed by atoms with Crippen LogP contribution >= 0.6 is 0 Å². The third-order valence-electron chi connectivity index (χ3n) is 6.66. The first-order valence-corrected chi connectivity index (χ1v) is 11.7. The van der Waals surface area contributed by atoms with Crippen molar-refractivity contribution in [3.63, 3.8) is 0 Å². The van der Waals surface area contributed by atoms with Crippen LogP contribution in [-0.2, 0) is 16.2 Å². The summed E-state index contributed by atoms with van der Waals surface area (Å²) in [5, 5.41) is 9.56. The predicted molar refractivity (Wildman–Crippen MR) is 111 cm³/mol. The molecule has 0 spiro atoms. The van der Waals surface area contributed by atoms with Crippen LogP contribution in [-0.4, -0.2) is 45.0 Å². The van der Waals surface area contributed by atoms with Crippen molar-refractivity contribution in [3.8, 4) is 11.3 Å². The van der Waals surface area contributed by atoms with Gasteiger partial charge in [-0.2, -0.15) is 23.1 Å². The molecule has 0 saturated heterocycles. The van der Waals surface area contributed by atoms with E-state index in [0.717, 1.165) is 10.8 Å². The number of aliphatic hydroxyl groups excluding tert-OH is 1. The van der Waals surface area contributed by atoms with Gasteiger partial charge in [-0.15, -0.1) is 0 Å². The second kappa shape index (κ2) is 6.87. The maximum absolute atomic E-state index is 13.1. The van der Waals surface area contributed by atoms with Crippen LogP contribution in [0.2, 0.25) is 0 Å². The molecule has 176 valence electrons. The van der Waals surface area contributed by atoms with Gasteiger partial charge in [-0.05, 0) is 55.7 Å². The average molecular weight is 482 g/mol. The summed E-state index contributed by atoms with van der Waals surface area (Å²) in [7, 11) is -3.88. The van der Waals surface area contributed by atoms with Crippen molar-refractivity contribution >= 4 is 21.7 Å². The summed E-state index contributed by atoms with van der Waals surface area (Å²) in [4.78, 5) is 10.9. The van der Waals surface area contributed by atoms with Crippen LogP contribution in [0.15, 0.2) is 29.3 Å². The number of imidazole rings is 1. The Labute approximate surface area is 186 Å². The van der Waals surface area contributed by atoms with Crippen molar-refractivity contribution in [1.82, 2.24) is 24.1 Å². The van der Waals surface area contributed by atoms with Gasteiger partial charge in [0.25, 0.3) is 0 Å². The van der Waals surface area contributed by atoms with E-state index in [9.17, 15) is 26.7 Å². The van der Waals surface area contributed by atoms with Crippen molar-refractivity contribution < 1.29 is 26.7 Å². The zero-order valence-electron chi connectivity index (χ0n) is 17.5. The Morgan fingerprint density at radius 2 is 1.94 bits per heavy atom. The first-order chi connectivity index (χ1) is 15.4. The molecule has 9 nitrogen and oxygen atoms in total. The van der Waals surface area contributed by atoms with Gasteiger partial charge < -0.3 is 10.8 Å². The molecule has 33 heavy (non-hydrogen) atoms. The summed E-state index contributed by atoms with van der Waals surface area (Å²) in [5.74, 6) is -2.14. The normalized spacial score (nSPS) is 24.9. The fourth-order valence-electron chi connectivity index (χ4n) is 5.10. The maximum Gasteiger partial charge on any atom is 0.451 e. The number of benzene rings is 1. The highest BCUT2D eigenvalue weighted by Gasteiger charge is 2.61. The quantitative estimate of drug-likeness (QED) is 0.508. The highest BCUT2D eigenvalue weighted by atomic mass is 32.2. The number of nitrogens with two attached hydrogens (primary N) is 1. The molecule has 2 bridgehead atoms. The standard InChI is InChI=1S/C20H21F3N6O3S/c1-11-2-3-12(33(31,32)28-19-5-4-18(8-19,9-19)10-30)6-13(11)14-7-29-16(24)26-15(20(21,22)23)27-17(29)25-14/h2-3,6-7,28,30H,4-5,8-10H2,1H3,(H2,24,25,26,27). The summed E-state index contributed by atoms with van der Waals surface area (Å²) in [6.45, 7) is 1.78. The highest BCUT2D eigenvalue weighted by Crippen LogP contribution is 2.61. The predicted octanol–water partition coefficient (Wildman–Crippen LogP) is 2.28. The molecule has 2 heterocycles. The largest absolute Gasteiger partial charge is 0.451 e. The van der Waals surface area contributed by atoms with Crippen molar-refractivity contribution in [2.75, 3.05) is 12.3 Å². The van der Waals surface area contributed by atoms with Crippen LogP contribution < -0.4 is 10.5 Å². The van der Waals surface area contributed by atoms with Gasteiger partial charge in [-0.1, -0.05) is 6.07 Å². The number of nitrogen functional groups attached to an aromatic ring is 1. The minimum absolute atomic E-state index is 0.0120. The number of sulfonamides is 1. The molecule has 0 aliphatic heterocycles. The van der Waals surface area contributed by atoms with Gasteiger partial charge >= 0.3 is 6.18 Å². The fourth-order valence-corrected chi connectivity index (χ4v) is 6.56. The lowest BCUT2D eigenvalue weighted by Crippen LogP contribution is -2.56. The molecule has 3 aliphatic rings. The number of hydrogen-bond acceptors (Lipinski definition) is 7. The first kappa shape index (κ1) is 22.0. The van der Waals surface area contributed by atoms with E-state index in [4.69, 9.17) is 5.73 Å². The Morgan fingerprint density at radius 1 is 1.21 bits per heavy atom. The van der Waals surface area contributed by atoms with Gasteiger partial charge in [-0.25, -0.2) is 18.1 Å². The molecule has 0 atom stereocenters. The van der Waals surface area contributed by atoms with E-state index in [2.05, 4.69) is 19.7 Å². The van der Waals surface area contributed by atoms with Gasteiger partial charge in [0.2, 0.25) is 27.6 Å². The monoisotopic (exact) mass is 482 g/mol. The van der Waals surface area contributed by atoms with Gasteiger partial charge in [0.05, 0.1) is 10.6 Å². The van der Waals surface area contributed by atoms with E-state index in [1.165, 1.54) is 18.3 Å². The second-order valence-corrected chi connectivity index (χ2v) is 10.8. The summed E-state index contributed by atoms with van der Waals surface area (Å²) < 4.78 is 69.2. The van der Waals surface area contributed by atoms with E-state index < -0.39 is 33.5 Å². The van der Waals surface area contributed by atoms with Gasteiger partial charge in [0.1, 0.15) is 0 Å². The molecule has 1 aromatic carbocycles. The Morgan fingerprint density at radius 3 is 2.58 bits per heavy atom. The van der Waals surface area contributed by atoms with E-state index in [1.807, 2.05) is 0 Å². The van der Waals surface area contributed by atoms with Gasteiger partial charge in [0.15, 0.2) is 0 Å². The maximum atomic E-state index is 13.1. The lowest BCUT2D eigenvalue weighted by atomic mass is 9.66. The summed E-state index contributed by atoms with van der Waals surface area (Å²) >= 11 is 0. The topological polar surface area (TPSA) is 136 Å². The number of nitrogens with zero attached hydrogens (tertiary/aromatic N) is 4. The van der Waals surface area contributed by atoms with Crippen molar-refractivity contribution in [2.45, 2.75) is 49.2 Å². The number of aryl methyl sites for hydroxylation is 1. The van der Waals surface area contributed by atoms with Crippen molar-refractivity contribution in [2.24, 2.45) is 5.41 Å².